The van der Waals surface area contributed by atoms with Gasteiger partial charge in [-0.05, 0) is 35.8 Å². The largest absolute Gasteiger partial charge is 0.381 e. The molecule has 1 aliphatic rings. The first-order valence-electron chi connectivity index (χ1n) is 7.43. The molecule has 1 heteroatoms. The molecule has 1 aromatic carbocycles. The molecular formula is C20H25N. The Labute approximate surface area is 129 Å². The standard InChI is InChI=1S/C18H19N.C2H6/c1-4-7-15(5-2)16-8-6-9-17(13-16)18-12-14(3)10-11-19-18;1-2/h4-10,12-13,19H,1-2,11H2,3H3;1-2H3/b15-7+;. The average molecular weight is 279 g/mol. The second kappa shape index (κ2) is 8.80. The lowest BCUT2D eigenvalue weighted by atomic mass is 9.99. The van der Waals surface area contributed by atoms with Gasteiger partial charge in [0.1, 0.15) is 0 Å². The van der Waals surface area contributed by atoms with Crippen LogP contribution in [0.25, 0.3) is 11.3 Å². The molecule has 1 aromatic rings. The minimum Gasteiger partial charge on any atom is -0.381 e. The molecule has 0 fully saturated rings. The van der Waals surface area contributed by atoms with Crippen LogP contribution in [0.15, 0.2) is 73.4 Å². The van der Waals surface area contributed by atoms with Gasteiger partial charge in [-0.25, -0.2) is 0 Å². The van der Waals surface area contributed by atoms with E-state index >= 15 is 0 Å². The molecule has 1 N–H and O–H groups in total. The third-order valence-corrected chi connectivity index (χ3v) is 3.11. The number of nitrogens with one attached hydrogen (secondary N) is 1. The summed E-state index contributed by atoms with van der Waals surface area (Å²) in [5, 5.41) is 3.40. The number of hydrogen-bond donors (Lipinski definition) is 1. The monoisotopic (exact) mass is 279 g/mol. The maximum absolute atomic E-state index is 3.85. The van der Waals surface area contributed by atoms with Gasteiger partial charge < -0.3 is 5.32 Å². The minimum atomic E-state index is 0.888. The number of dihydropyridines is 1. The van der Waals surface area contributed by atoms with E-state index < -0.39 is 0 Å². The summed E-state index contributed by atoms with van der Waals surface area (Å²) in [7, 11) is 0. The second-order valence-corrected chi connectivity index (χ2v) is 4.53. The van der Waals surface area contributed by atoms with Gasteiger partial charge in [-0.15, -0.1) is 0 Å². The van der Waals surface area contributed by atoms with Crippen molar-refractivity contribution in [1.29, 1.82) is 0 Å². The van der Waals surface area contributed by atoms with E-state index in [9.17, 15) is 0 Å². The van der Waals surface area contributed by atoms with Crippen LogP contribution >= 0.6 is 0 Å². The average Bonchev–Trinajstić information content (AvgIpc) is 2.54. The van der Waals surface area contributed by atoms with E-state index in [1.165, 1.54) is 16.8 Å². The molecule has 1 heterocycles. The zero-order chi connectivity index (χ0) is 15.7. The fraction of sp³-hybridized carbons (Fsp3) is 0.200. The van der Waals surface area contributed by atoms with Crippen molar-refractivity contribution in [1.82, 2.24) is 5.32 Å². The van der Waals surface area contributed by atoms with Gasteiger partial charge >= 0.3 is 0 Å². The van der Waals surface area contributed by atoms with Crippen molar-refractivity contribution in [3.05, 3.63) is 84.5 Å². The summed E-state index contributed by atoms with van der Waals surface area (Å²) in [5.74, 6) is 0. The van der Waals surface area contributed by atoms with Crippen LogP contribution in [0.5, 0.6) is 0 Å². The lowest BCUT2D eigenvalue weighted by Crippen LogP contribution is -2.15. The first-order valence-corrected chi connectivity index (χ1v) is 7.43. The highest BCUT2D eigenvalue weighted by molar-refractivity contribution is 5.78. The van der Waals surface area contributed by atoms with E-state index in [1.54, 1.807) is 6.08 Å². The zero-order valence-electron chi connectivity index (χ0n) is 13.3. The Balaban J connectivity index is 0.00000106. The van der Waals surface area contributed by atoms with Crippen molar-refractivity contribution >= 4 is 11.3 Å². The predicted molar refractivity (Wildman–Crippen MR) is 95.9 cm³/mol. The molecule has 0 saturated carbocycles. The Morgan fingerprint density at radius 2 is 2.00 bits per heavy atom. The molecule has 1 nitrogen and oxygen atoms in total. The highest BCUT2D eigenvalue weighted by atomic mass is 14.9. The third kappa shape index (κ3) is 4.64. The van der Waals surface area contributed by atoms with Gasteiger partial charge in [-0.2, -0.15) is 0 Å². The number of benzene rings is 1. The van der Waals surface area contributed by atoms with E-state index in [2.05, 4.69) is 61.8 Å². The second-order valence-electron chi connectivity index (χ2n) is 4.53. The lowest BCUT2D eigenvalue weighted by molar-refractivity contribution is 0.981. The maximum atomic E-state index is 3.85. The van der Waals surface area contributed by atoms with Crippen molar-refractivity contribution in [2.24, 2.45) is 0 Å². The summed E-state index contributed by atoms with van der Waals surface area (Å²) >= 11 is 0. The number of allylic oxidation sites excluding steroid dienone is 6. The first-order chi connectivity index (χ1) is 10.2. The molecule has 0 radical (unpaired) electrons. The summed E-state index contributed by atoms with van der Waals surface area (Å²) in [6, 6.07) is 8.46. The molecule has 0 aliphatic carbocycles. The number of rotatable bonds is 4. The Morgan fingerprint density at radius 1 is 1.24 bits per heavy atom. The van der Waals surface area contributed by atoms with E-state index in [1.807, 2.05) is 26.0 Å². The van der Waals surface area contributed by atoms with Gasteiger partial charge in [0.05, 0.1) is 0 Å². The molecule has 0 saturated heterocycles. The molecule has 21 heavy (non-hydrogen) atoms. The lowest BCUT2D eigenvalue weighted by Gasteiger charge is -2.15. The Kier molecular flexibility index (Phi) is 7.03. The molecule has 0 atom stereocenters. The zero-order valence-corrected chi connectivity index (χ0v) is 13.3. The Bertz CT molecular complexity index is 586. The van der Waals surface area contributed by atoms with Gasteiger partial charge in [0.25, 0.3) is 0 Å². The summed E-state index contributed by atoms with van der Waals surface area (Å²) in [4.78, 5) is 0. The molecule has 0 unspecified atom stereocenters. The summed E-state index contributed by atoms with van der Waals surface area (Å²) < 4.78 is 0. The van der Waals surface area contributed by atoms with E-state index in [4.69, 9.17) is 0 Å². The first kappa shape index (κ1) is 16.8. The van der Waals surface area contributed by atoms with Crippen LogP contribution in [-0.2, 0) is 0 Å². The molecule has 0 bridgehead atoms. The molecule has 2 rings (SSSR count). The molecule has 0 spiro atoms. The molecule has 0 amide bonds. The highest BCUT2D eigenvalue weighted by Crippen LogP contribution is 2.22. The smallest absolute Gasteiger partial charge is 0.0419 e. The number of hydrogen-bond acceptors (Lipinski definition) is 1. The van der Waals surface area contributed by atoms with E-state index in [-0.39, 0.29) is 0 Å². The van der Waals surface area contributed by atoms with Crippen molar-refractivity contribution < 1.29 is 0 Å². The topological polar surface area (TPSA) is 12.0 Å². The van der Waals surface area contributed by atoms with E-state index in [0.717, 1.165) is 17.7 Å². The molecule has 1 aliphatic heterocycles. The van der Waals surface area contributed by atoms with Gasteiger partial charge in [-0.1, -0.05) is 75.1 Å². The van der Waals surface area contributed by atoms with Crippen molar-refractivity contribution in [2.75, 3.05) is 6.54 Å². The fourth-order valence-corrected chi connectivity index (χ4v) is 2.12. The SMILES string of the molecule is C=C/C=C(\C=C)c1cccc(C2=CC(C)=CCN2)c1.CC. The van der Waals surface area contributed by atoms with Gasteiger partial charge in [0, 0.05) is 12.2 Å². The van der Waals surface area contributed by atoms with Gasteiger partial charge in [0.2, 0.25) is 0 Å². The van der Waals surface area contributed by atoms with Crippen molar-refractivity contribution in [3.8, 4) is 0 Å². The molecular weight excluding hydrogens is 254 g/mol. The van der Waals surface area contributed by atoms with E-state index in [0.29, 0.717) is 0 Å². The summed E-state index contributed by atoms with van der Waals surface area (Å²) in [5.41, 5.74) is 5.90. The third-order valence-electron chi connectivity index (χ3n) is 3.11. The van der Waals surface area contributed by atoms with Crippen LogP contribution in [0, 0.1) is 0 Å². The maximum Gasteiger partial charge on any atom is 0.0419 e. The van der Waals surface area contributed by atoms with Crippen molar-refractivity contribution in [3.63, 3.8) is 0 Å². The van der Waals surface area contributed by atoms with Crippen LogP contribution in [0.4, 0.5) is 0 Å². The van der Waals surface area contributed by atoms with Crippen LogP contribution in [0.3, 0.4) is 0 Å². The van der Waals surface area contributed by atoms with Crippen LogP contribution < -0.4 is 5.32 Å². The predicted octanol–water partition coefficient (Wildman–Crippen LogP) is 5.36. The summed E-state index contributed by atoms with van der Waals surface area (Å²) in [6.07, 6.45) is 9.97. The molecule has 110 valence electrons. The van der Waals surface area contributed by atoms with Crippen molar-refractivity contribution in [2.45, 2.75) is 20.8 Å². The Morgan fingerprint density at radius 3 is 2.62 bits per heavy atom. The van der Waals surface area contributed by atoms with Crippen LogP contribution in [0.1, 0.15) is 31.9 Å². The van der Waals surface area contributed by atoms with Crippen LogP contribution in [0.2, 0.25) is 0 Å². The van der Waals surface area contributed by atoms with Gasteiger partial charge in [-0.3, -0.25) is 0 Å². The summed E-state index contributed by atoms with van der Waals surface area (Å²) in [6.45, 7) is 14.6. The minimum absolute atomic E-state index is 0.888. The van der Waals surface area contributed by atoms with Crippen LogP contribution in [-0.4, -0.2) is 6.54 Å². The fourth-order valence-electron chi connectivity index (χ4n) is 2.12. The Hall–Kier alpha value is -2.28. The normalized spacial score (nSPS) is 14.0. The molecule has 0 aromatic heterocycles. The van der Waals surface area contributed by atoms with Gasteiger partial charge in [0.15, 0.2) is 0 Å². The quantitative estimate of drug-likeness (QED) is 0.732. The highest BCUT2D eigenvalue weighted by Gasteiger charge is 2.06.